The van der Waals surface area contributed by atoms with Crippen molar-refractivity contribution in [3.8, 4) is 11.1 Å². The van der Waals surface area contributed by atoms with Crippen molar-refractivity contribution in [1.29, 1.82) is 0 Å². The van der Waals surface area contributed by atoms with E-state index < -0.39 is 23.6 Å². The number of benzene rings is 1. The van der Waals surface area contributed by atoms with Gasteiger partial charge in [-0.25, -0.2) is 9.88 Å². The predicted octanol–water partition coefficient (Wildman–Crippen LogP) is 0.149. The molecular formula is C35H43N13O5. The number of anilines is 2. The second kappa shape index (κ2) is 14.4. The molecule has 6 rings (SSSR count). The summed E-state index contributed by atoms with van der Waals surface area (Å²) in [6, 6.07) is 11.4. The Morgan fingerprint density at radius 1 is 0.981 bits per heavy atom. The van der Waals surface area contributed by atoms with Gasteiger partial charge in [0.15, 0.2) is 5.69 Å². The minimum atomic E-state index is -2.40. The second-order valence-corrected chi connectivity index (χ2v) is 12.8. The zero-order valence-electron chi connectivity index (χ0n) is 30.0. The first-order valence-electron chi connectivity index (χ1n) is 16.9. The number of hydrogen-bond acceptors (Lipinski definition) is 13. The SMILES string of the molecule is CCC1c2c(cnn2C2CN(C(O)(O)c3cccc(C(=O)NC)n3)C2)-c2cccc(NC(/C=C(\N)NC(=O)c3ccn(C)n3)=C(/N)C(=O)NC)c2N1C. The van der Waals surface area contributed by atoms with Gasteiger partial charge in [-0.2, -0.15) is 10.2 Å². The van der Waals surface area contributed by atoms with Gasteiger partial charge in [0.2, 0.25) is 0 Å². The van der Waals surface area contributed by atoms with E-state index in [4.69, 9.17) is 16.6 Å². The van der Waals surface area contributed by atoms with E-state index in [1.807, 2.05) is 29.9 Å². The number of nitrogens with zero attached hydrogens (tertiary/aromatic N) is 7. The molecular weight excluding hydrogens is 682 g/mol. The third kappa shape index (κ3) is 6.77. The number of hydrogen-bond donors (Lipinski definition) is 8. The number of carbonyl (C=O) groups is 3. The quantitative estimate of drug-likeness (QED) is 0.0584. The number of aromatic nitrogens is 5. The molecule has 0 spiro atoms. The van der Waals surface area contributed by atoms with E-state index in [-0.39, 0.29) is 59.5 Å². The highest BCUT2D eigenvalue weighted by Crippen LogP contribution is 2.50. The van der Waals surface area contributed by atoms with Crippen molar-refractivity contribution < 1.29 is 24.6 Å². The van der Waals surface area contributed by atoms with Gasteiger partial charge in [-0.3, -0.25) is 23.7 Å². The molecule has 0 aliphatic carbocycles. The van der Waals surface area contributed by atoms with Crippen molar-refractivity contribution in [2.45, 2.75) is 31.3 Å². The van der Waals surface area contributed by atoms with Crippen LogP contribution < -0.4 is 37.6 Å². The molecule has 3 amide bonds. The zero-order valence-corrected chi connectivity index (χ0v) is 30.0. The molecule has 0 bridgehead atoms. The van der Waals surface area contributed by atoms with Crippen molar-refractivity contribution in [2.24, 2.45) is 18.5 Å². The van der Waals surface area contributed by atoms with Crippen LogP contribution in [0, 0.1) is 0 Å². The third-order valence-electron chi connectivity index (χ3n) is 9.42. The highest BCUT2D eigenvalue weighted by atomic mass is 16.5. The molecule has 2 aliphatic rings. The maximum absolute atomic E-state index is 12.7. The topological polar surface area (TPSA) is 247 Å². The van der Waals surface area contributed by atoms with Crippen molar-refractivity contribution in [3.05, 3.63) is 101 Å². The Balaban J connectivity index is 1.29. The number of rotatable bonds is 11. The minimum absolute atomic E-state index is 0.0580. The Kier molecular flexibility index (Phi) is 9.94. The fraction of sp³-hybridized carbons (Fsp3) is 0.314. The fourth-order valence-electron chi connectivity index (χ4n) is 6.66. The molecule has 0 radical (unpaired) electrons. The first-order chi connectivity index (χ1) is 25.3. The minimum Gasteiger partial charge on any atom is -0.393 e. The van der Waals surface area contributed by atoms with E-state index in [1.54, 1.807) is 31.6 Å². The lowest BCUT2D eigenvalue weighted by atomic mass is 9.91. The molecule has 10 N–H and O–H groups in total. The summed E-state index contributed by atoms with van der Waals surface area (Å²) in [4.78, 5) is 45.3. The number of aliphatic hydroxyl groups is 2. The Morgan fingerprint density at radius 3 is 2.38 bits per heavy atom. The van der Waals surface area contributed by atoms with Gasteiger partial charge >= 0.3 is 0 Å². The van der Waals surface area contributed by atoms with Crippen molar-refractivity contribution >= 4 is 29.1 Å². The highest BCUT2D eigenvalue weighted by Gasteiger charge is 2.46. The van der Waals surface area contributed by atoms with Gasteiger partial charge in [0.25, 0.3) is 23.6 Å². The average Bonchev–Trinajstić information content (AvgIpc) is 3.76. The van der Waals surface area contributed by atoms with Crippen LogP contribution in [-0.4, -0.2) is 91.6 Å². The van der Waals surface area contributed by atoms with Crippen LogP contribution in [0.1, 0.15) is 57.8 Å². The number of likely N-dealkylation sites (tertiary alicyclic amines) is 1. The van der Waals surface area contributed by atoms with E-state index >= 15 is 0 Å². The molecule has 3 aromatic heterocycles. The average molecular weight is 726 g/mol. The van der Waals surface area contributed by atoms with Crippen LogP contribution in [0.2, 0.25) is 0 Å². The largest absolute Gasteiger partial charge is 0.393 e. The Labute approximate surface area is 305 Å². The summed E-state index contributed by atoms with van der Waals surface area (Å²) in [5.41, 5.74) is 16.9. The molecule has 1 aromatic carbocycles. The first-order valence-corrected chi connectivity index (χ1v) is 16.9. The lowest BCUT2D eigenvalue weighted by molar-refractivity contribution is -0.302. The number of amides is 3. The summed E-state index contributed by atoms with van der Waals surface area (Å²) in [6.07, 6.45) is 5.51. The molecule has 278 valence electrons. The van der Waals surface area contributed by atoms with E-state index in [9.17, 15) is 24.6 Å². The summed E-state index contributed by atoms with van der Waals surface area (Å²) in [5, 5.41) is 42.0. The van der Waals surface area contributed by atoms with Crippen LogP contribution in [-0.2, 0) is 17.8 Å². The molecule has 53 heavy (non-hydrogen) atoms. The van der Waals surface area contributed by atoms with E-state index in [0.717, 1.165) is 22.5 Å². The summed E-state index contributed by atoms with van der Waals surface area (Å²) < 4.78 is 3.43. The molecule has 1 unspecified atom stereocenters. The molecule has 4 aromatic rings. The monoisotopic (exact) mass is 725 g/mol. The van der Waals surface area contributed by atoms with Gasteiger partial charge in [0.05, 0.1) is 41.0 Å². The van der Waals surface area contributed by atoms with Crippen LogP contribution in [0.15, 0.2) is 78.1 Å². The summed E-state index contributed by atoms with van der Waals surface area (Å²) in [6.45, 7) is 2.59. The maximum atomic E-state index is 12.7. The number of fused-ring (bicyclic) bond motifs is 3. The Hall–Kier alpha value is -6.24. The number of nitrogens with two attached hydrogens (primary N) is 2. The van der Waals surface area contributed by atoms with Gasteiger partial charge in [-0.1, -0.05) is 25.1 Å². The van der Waals surface area contributed by atoms with Crippen molar-refractivity contribution in [3.63, 3.8) is 0 Å². The molecule has 1 atom stereocenters. The number of allylic oxidation sites excluding steroid dienone is 1. The lowest BCUT2D eigenvalue weighted by Crippen LogP contribution is -2.59. The molecule has 1 fully saturated rings. The van der Waals surface area contributed by atoms with Crippen molar-refractivity contribution in [2.75, 3.05) is 44.4 Å². The second-order valence-electron chi connectivity index (χ2n) is 12.8. The van der Waals surface area contributed by atoms with Gasteiger partial charge < -0.3 is 47.8 Å². The first kappa shape index (κ1) is 36.5. The fourth-order valence-corrected chi connectivity index (χ4v) is 6.66. The normalized spacial score (nSPS) is 16.5. The summed E-state index contributed by atoms with van der Waals surface area (Å²) in [5.74, 6) is -3.99. The number of para-hydroxylation sites is 1. The molecule has 1 saturated heterocycles. The predicted molar refractivity (Wildman–Crippen MR) is 195 cm³/mol. The summed E-state index contributed by atoms with van der Waals surface area (Å²) >= 11 is 0. The zero-order chi connectivity index (χ0) is 38.2. The van der Waals surface area contributed by atoms with Crippen LogP contribution in [0.4, 0.5) is 11.4 Å². The smallest absolute Gasteiger partial charge is 0.277 e. The van der Waals surface area contributed by atoms with Crippen LogP contribution in [0.5, 0.6) is 0 Å². The molecule has 0 saturated carbocycles. The van der Waals surface area contributed by atoms with Gasteiger partial charge in [-0.05, 0) is 30.7 Å². The lowest BCUT2D eigenvalue weighted by Gasteiger charge is -2.47. The number of nitrogens with one attached hydrogen (secondary N) is 4. The molecule has 5 heterocycles. The van der Waals surface area contributed by atoms with E-state index in [2.05, 4.69) is 43.2 Å². The van der Waals surface area contributed by atoms with Gasteiger partial charge in [0, 0.05) is 64.7 Å². The van der Waals surface area contributed by atoms with E-state index in [1.165, 1.54) is 41.9 Å². The number of carbonyl (C=O) groups excluding carboxylic acids is 3. The van der Waals surface area contributed by atoms with Crippen molar-refractivity contribution in [1.82, 2.24) is 45.4 Å². The number of aryl methyl sites for hydroxylation is 1. The number of pyridine rings is 1. The number of likely N-dealkylation sites (N-methyl/N-ethyl adjacent to an activating group) is 1. The van der Waals surface area contributed by atoms with Crippen LogP contribution >= 0.6 is 0 Å². The Morgan fingerprint density at radius 2 is 1.72 bits per heavy atom. The third-order valence-corrected chi connectivity index (χ3v) is 9.42. The molecule has 18 heteroatoms. The summed E-state index contributed by atoms with van der Waals surface area (Å²) in [7, 11) is 6.58. The van der Waals surface area contributed by atoms with Gasteiger partial charge in [-0.15, -0.1) is 0 Å². The van der Waals surface area contributed by atoms with Crippen LogP contribution in [0.3, 0.4) is 0 Å². The maximum Gasteiger partial charge on any atom is 0.277 e. The molecule has 18 nitrogen and oxygen atoms in total. The standard InChI is InChI=1S/C35H43N13O5/c1-6-26-31-21(16-40-48(31)19-17-47(18-19)35(52,53)27-12-8-11-23(42-27)32(49)38-2)20-9-7-10-22(30(20)46(26)5)41-25(29(37)34(51)39-3)15-28(36)43-33(50)24-13-14-45(4)44-24/h7-16,19,26,41,52-53H,6,17-18,36-37H2,1-5H3,(H,38,49)(H,39,51)(H,43,50)/b28-15+,29-25+. The highest BCUT2D eigenvalue weighted by molar-refractivity contribution is 5.97. The Bertz CT molecular complexity index is 2130. The van der Waals surface area contributed by atoms with Gasteiger partial charge in [0.1, 0.15) is 22.9 Å². The van der Waals surface area contributed by atoms with E-state index in [0.29, 0.717) is 12.1 Å². The molecule has 2 aliphatic heterocycles. The van der Waals surface area contributed by atoms with Crippen LogP contribution in [0.25, 0.3) is 11.1 Å².